The van der Waals surface area contributed by atoms with E-state index in [4.69, 9.17) is 11.5 Å². The molecule has 0 unspecified atom stereocenters. The second-order valence-electron chi connectivity index (χ2n) is 3.42. The van der Waals surface area contributed by atoms with Gasteiger partial charge in [-0.15, -0.1) is 10.2 Å². The smallest absolute Gasteiger partial charge is 0.151 e. The summed E-state index contributed by atoms with van der Waals surface area (Å²) in [6.45, 7) is 2.11. The zero-order chi connectivity index (χ0) is 11.5. The van der Waals surface area contributed by atoms with E-state index in [2.05, 4.69) is 22.1 Å². The maximum absolute atomic E-state index is 5.78. The van der Waals surface area contributed by atoms with E-state index < -0.39 is 0 Å². The lowest BCUT2D eigenvalue weighted by Gasteiger charge is -2.00. The van der Waals surface area contributed by atoms with Gasteiger partial charge in [-0.3, -0.25) is 0 Å². The first-order chi connectivity index (χ1) is 7.70. The van der Waals surface area contributed by atoms with E-state index in [1.54, 1.807) is 17.4 Å². The van der Waals surface area contributed by atoms with Crippen LogP contribution in [0.3, 0.4) is 0 Å². The maximum Gasteiger partial charge on any atom is 0.151 e. The first-order valence-electron chi connectivity index (χ1n) is 5.05. The molecule has 0 bridgehead atoms. The summed E-state index contributed by atoms with van der Waals surface area (Å²) in [5, 5.41) is 10.0. The van der Waals surface area contributed by atoms with Gasteiger partial charge in [0.05, 0.1) is 5.56 Å². The van der Waals surface area contributed by atoms with E-state index in [-0.39, 0.29) is 0 Å². The van der Waals surface area contributed by atoms with E-state index in [1.165, 1.54) is 0 Å². The van der Waals surface area contributed by atoms with Crippen molar-refractivity contribution in [1.82, 2.24) is 15.2 Å². The van der Waals surface area contributed by atoms with Crippen molar-refractivity contribution in [3.8, 4) is 10.6 Å². The Morgan fingerprint density at radius 1 is 1.25 bits per heavy atom. The van der Waals surface area contributed by atoms with Crippen molar-refractivity contribution < 1.29 is 0 Å². The minimum absolute atomic E-state index is 0.402. The standard InChI is InChI=1S/C10H13N5S/c1-2-3-8-14-15-10(16-8)6-4-5-7(11)13-9(6)12/h4-5H,2-3H2,1H3,(H4,11,12,13). The number of rotatable bonds is 3. The Morgan fingerprint density at radius 3 is 2.75 bits per heavy atom. The summed E-state index contributed by atoms with van der Waals surface area (Å²) >= 11 is 1.55. The number of aromatic nitrogens is 3. The summed E-state index contributed by atoms with van der Waals surface area (Å²) in [5.74, 6) is 0.818. The van der Waals surface area contributed by atoms with Crippen molar-refractivity contribution in [2.24, 2.45) is 0 Å². The molecule has 2 aromatic heterocycles. The van der Waals surface area contributed by atoms with Crippen LogP contribution in [-0.4, -0.2) is 15.2 Å². The van der Waals surface area contributed by atoms with Gasteiger partial charge in [0.25, 0.3) is 0 Å². The van der Waals surface area contributed by atoms with Gasteiger partial charge < -0.3 is 11.5 Å². The zero-order valence-electron chi connectivity index (χ0n) is 8.97. The summed E-state index contributed by atoms with van der Waals surface area (Å²) in [5.41, 5.74) is 12.1. The molecule has 0 fully saturated rings. The minimum atomic E-state index is 0.402. The SMILES string of the molecule is CCCc1nnc(-c2ccc(N)nc2N)s1. The summed E-state index contributed by atoms with van der Waals surface area (Å²) < 4.78 is 0. The highest BCUT2D eigenvalue weighted by atomic mass is 32.1. The van der Waals surface area contributed by atoms with E-state index >= 15 is 0 Å². The van der Waals surface area contributed by atoms with Crippen molar-refractivity contribution in [2.45, 2.75) is 19.8 Å². The van der Waals surface area contributed by atoms with Crippen LogP contribution in [0.25, 0.3) is 10.6 Å². The molecule has 2 aromatic rings. The van der Waals surface area contributed by atoms with E-state index in [0.29, 0.717) is 11.6 Å². The van der Waals surface area contributed by atoms with Gasteiger partial charge in [0.15, 0.2) is 5.01 Å². The van der Waals surface area contributed by atoms with Crippen molar-refractivity contribution in [2.75, 3.05) is 11.5 Å². The van der Waals surface area contributed by atoms with E-state index in [9.17, 15) is 0 Å². The fourth-order valence-electron chi connectivity index (χ4n) is 1.35. The van der Waals surface area contributed by atoms with Crippen LogP contribution in [0.4, 0.5) is 11.6 Å². The molecule has 0 spiro atoms. The van der Waals surface area contributed by atoms with Crippen molar-refractivity contribution in [3.05, 3.63) is 17.1 Å². The molecule has 2 rings (SSSR count). The van der Waals surface area contributed by atoms with Gasteiger partial charge in [-0.05, 0) is 18.6 Å². The first-order valence-corrected chi connectivity index (χ1v) is 5.87. The Balaban J connectivity index is 2.35. The summed E-state index contributed by atoms with van der Waals surface area (Å²) in [6.07, 6.45) is 2.00. The number of aryl methyl sites for hydroxylation is 1. The molecule has 6 heteroatoms. The predicted octanol–water partition coefficient (Wildman–Crippen LogP) is 1.72. The van der Waals surface area contributed by atoms with Crippen molar-refractivity contribution in [3.63, 3.8) is 0 Å². The predicted molar refractivity (Wildman–Crippen MR) is 66.0 cm³/mol. The van der Waals surface area contributed by atoms with Crippen LogP contribution in [0.15, 0.2) is 12.1 Å². The second kappa shape index (κ2) is 4.44. The molecule has 2 heterocycles. The van der Waals surface area contributed by atoms with Crippen molar-refractivity contribution >= 4 is 23.0 Å². The molecule has 0 aliphatic rings. The number of hydrogen-bond donors (Lipinski definition) is 2. The van der Waals surface area contributed by atoms with Crippen LogP contribution in [0.1, 0.15) is 18.4 Å². The first kappa shape index (κ1) is 10.8. The Labute approximate surface area is 97.5 Å². The molecule has 0 atom stereocenters. The topological polar surface area (TPSA) is 90.7 Å². The number of anilines is 2. The molecule has 0 radical (unpaired) electrons. The van der Waals surface area contributed by atoms with Crippen LogP contribution < -0.4 is 11.5 Å². The Hall–Kier alpha value is -1.69. The zero-order valence-corrected chi connectivity index (χ0v) is 9.79. The van der Waals surface area contributed by atoms with Crippen LogP contribution in [0.5, 0.6) is 0 Å². The van der Waals surface area contributed by atoms with Crippen LogP contribution in [0, 0.1) is 0 Å². The number of nitrogen functional groups attached to an aromatic ring is 2. The molecular weight excluding hydrogens is 222 g/mol. The number of nitrogens with two attached hydrogens (primary N) is 2. The Bertz CT molecular complexity index is 494. The largest absolute Gasteiger partial charge is 0.384 e. The normalized spacial score (nSPS) is 10.6. The van der Waals surface area contributed by atoms with Gasteiger partial charge in [-0.25, -0.2) is 4.98 Å². The molecular formula is C10H13N5S. The van der Waals surface area contributed by atoms with Gasteiger partial charge in [0, 0.05) is 6.42 Å². The second-order valence-corrected chi connectivity index (χ2v) is 4.48. The number of nitrogens with zero attached hydrogens (tertiary/aromatic N) is 3. The molecule has 0 saturated carbocycles. The Morgan fingerprint density at radius 2 is 2.06 bits per heavy atom. The third-order valence-electron chi connectivity index (χ3n) is 2.11. The van der Waals surface area contributed by atoms with Crippen molar-refractivity contribution in [1.29, 1.82) is 0 Å². The quantitative estimate of drug-likeness (QED) is 0.845. The lowest BCUT2D eigenvalue weighted by Crippen LogP contribution is -1.97. The van der Waals surface area contributed by atoms with E-state index in [1.807, 2.05) is 6.07 Å². The molecule has 0 aromatic carbocycles. The Kier molecular flexibility index (Phi) is 3.00. The molecule has 16 heavy (non-hydrogen) atoms. The molecule has 84 valence electrons. The van der Waals surface area contributed by atoms with E-state index in [0.717, 1.165) is 28.4 Å². The third-order valence-corrected chi connectivity index (χ3v) is 3.12. The highest BCUT2D eigenvalue weighted by Crippen LogP contribution is 2.28. The number of hydrogen-bond acceptors (Lipinski definition) is 6. The summed E-state index contributed by atoms with van der Waals surface area (Å²) in [7, 11) is 0. The van der Waals surface area contributed by atoms with Gasteiger partial charge in [0.1, 0.15) is 16.6 Å². The summed E-state index contributed by atoms with van der Waals surface area (Å²) in [4.78, 5) is 4.00. The molecule has 0 aliphatic heterocycles. The van der Waals surface area contributed by atoms with Gasteiger partial charge >= 0.3 is 0 Å². The monoisotopic (exact) mass is 235 g/mol. The fourth-order valence-corrected chi connectivity index (χ4v) is 2.32. The lowest BCUT2D eigenvalue weighted by molar-refractivity contribution is 0.879. The van der Waals surface area contributed by atoms with Gasteiger partial charge in [-0.1, -0.05) is 18.3 Å². The van der Waals surface area contributed by atoms with Gasteiger partial charge in [0.2, 0.25) is 0 Å². The number of pyridine rings is 1. The highest BCUT2D eigenvalue weighted by Gasteiger charge is 2.10. The fraction of sp³-hybridized carbons (Fsp3) is 0.300. The average Bonchev–Trinajstić information content (AvgIpc) is 2.67. The maximum atomic E-state index is 5.78. The molecule has 0 aliphatic carbocycles. The van der Waals surface area contributed by atoms with Crippen LogP contribution in [-0.2, 0) is 6.42 Å². The molecule has 4 N–H and O–H groups in total. The summed E-state index contributed by atoms with van der Waals surface area (Å²) in [6, 6.07) is 3.54. The highest BCUT2D eigenvalue weighted by molar-refractivity contribution is 7.14. The molecule has 0 amide bonds. The van der Waals surface area contributed by atoms with Gasteiger partial charge in [-0.2, -0.15) is 0 Å². The molecule has 0 saturated heterocycles. The minimum Gasteiger partial charge on any atom is -0.384 e. The molecule has 5 nitrogen and oxygen atoms in total. The lowest BCUT2D eigenvalue weighted by atomic mass is 10.2. The van der Waals surface area contributed by atoms with Crippen LogP contribution in [0.2, 0.25) is 0 Å². The average molecular weight is 235 g/mol. The van der Waals surface area contributed by atoms with Crippen LogP contribution >= 0.6 is 11.3 Å². The third kappa shape index (κ3) is 2.11.